The molecule has 6 nitrogen and oxygen atoms in total. The van der Waals surface area contributed by atoms with Gasteiger partial charge in [0.05, 0.1) is 0 Å². The van der Waals surface area contributed by atoms with Gasteiger partial charge in [-0.15, -0.1) is 0 Å². The van der Waals surface area contributed by atoms with Crippen LogP contribution < -0.4 is 4.90 Å². The molecule has 1 aliphatic rings. The number of carbonyl (C=O) groups is 2. The first-order valence-corrected chi connectivity index (χ1v) is 6.16. The third-order valence-corrected chi connectivity index (χ3v) is 3.48. The minimum absolute atomic E-state index is 0.113. The lowest BCUT2D eigenvalue weighted by atomic mass is 10.2. The number of rotatable bonds is 3. The van der Waals surface area contributed by atoms with Crippen LogP contribution >= 0.6 is 15.9 Å². The molecule has 0 bridgehead atoms. The zero-order valence-corrected chi connectivity index (χ0v) is 10.4. The summed E-state index contributed by atoms with van der Waals surface area (Å²) in [7, 11) is 0. The summed E-state index contributed by atoms with van der Waals surface area (Å²) in [4.78, 5) is 31.8. The Bertz CT molecular complexity index is 466. The van der Waals surface area contributed by atoms with Crippen molar-refractivity contribution in [3.05, 3.63) is 18.1 Å². The average Bonchev–Trinajstić information content (AvgIpc) is 2.70. The van der Waals surface area contributed by atoms with Crippen LogP contribution in [0.15, 0.2) is 12.4 Å². The Morgan fingerprint density at radius 2 is 2.24 bits per heavy atom. The predicted octanol–water partition coefficient (Wildman–Crippen LogP) is 0.923. The summed E-state index contributed by atoms with van der Waals surface area (Å²) in [5, 5.41) is 9.69. The number of carboxylic acid groups (broad SMARTS) is 1. The Balaban J connectivity index is 2.35. The molecule has 0 radical (unpaired) electrons. The van der Waals surface area contributed by atoms with Crippen LogP contribution in [0.5, 0.6) is 0 Å². The minimum atomic E-state index is -1.18. The van der Waals surface area contributed by atoms with E-state index in [1.807, 2.05) is 0 Å². The first-order chi connectivity index (χ1) is 8.13. The Hall–Kier alpha value is -1.50. The summed E-state index contributed by atoms with van der Waals surface area (Å²) in [5.41, 5.74) is -0.184. The van der Waals surface area contributed by atoms with Gasteiger partial charge in [0.2, 0.25) is 5.91 Å². The van der Waals surface area contributed by atoms with E-state index in [1.54, 1.807) is 0 Å². The molecule has 1 amide bonds. The number of amides is 1. The van der Waals surface area contributed by atoms with E-state index in [-0.39, 0.29) is 23.3 Å². The molecule has 0 aliphatic carbocycles. The fourth-order valence-electron chi connectivity index (χ4n) is 1.77. The van der Waals surface area contributed by atoms with E-state index in [1.165, 1.54) is 17.3 Å². The summed E-state index contributed by atoms with van der Waals surface area (Å²) < 4.78 is 0. The normalized spacial score (nSPS) is 19.7. The van der Waals surface area contributed by atoms with Gasteiger partial charge in [0, 0.05) is 30.7 Å². The van der Waals surface area contributed by atoms with Crippen molar-refractivity contribution in [3.63, 3.8) is 0 Å². The molecule has 0 aromatic carbocycles. The van der Waals surface area contributed by atoms with Gasteiger partial charge >= 0.3 is 5.97 Å². The van der Waals surface area contributed by atoms with Crippen molar-refractivity contribution in [1.29, 1.82) is 0 Å². The second-order valence-corrected chi connectivity index (χ2v) is 4.41. The van der Waals surface area contributed by atoms with Gasteiger partial charge in [-0.25, -0.2) is 14.8 Å². The molecule has 7 heteroatoms. The summed E-state index contributed by atoms with van der Waals surface area (Å²) in [6.07, 6.45) is 3.09. The first kappa shape index (κ1) is 12.0. The monoisotopic (exact) mass is 299 g/mol. The van der Waals surface area contributed by atoms with E-state index < -0.39 is 5.97 Å². The molecule has 2 rings (SSSR count). The highest BCUT2D eigenvalue weighted by molar-refractivity contribution is 9.09. The summed E-state index contributed by atoms with van der Waals surface area (Å²) in [6, 6.07) is 0. The van der Waals surface area contributed by atoms with Gasteiger partial charge in [0.25, 0.3) is 0 Å². The largest absolute Gasteiger partial charge is 0.476 e. The van der Waals surface area contributed by atoms with Gasteiger partial charge in [0.15, 0.2) is 11.5 Å². The highest BCUT2D eigenvalue weighted by Gasteiger charge is 2.33. The number of aromatic nitrogens is 2. The SMILES string of the molecule is O=C(O)c1nccnc1N1CC(CBr)CC1=O. The van der Waals surface area contributed by atoms with Crippen molar-refractivity contribution in [1.82, 2.24) is 9.97 Å². The quantitative estimate of drug-likeness (QED) is 0.839. The van der Waals surface area contributed by atoms with Crippen molar-refractivity contribution in [3.8, 4) is 0 Å². The van der Waals surface area contributed by atoms with Gasteiger partial charge in [-0.2, -0.15) is 0 Å². The molecule has 0 saturated carbocycles. The van der Waals surface area contributed by atoms with Gasteiger partial charge in [0.1, 0.15) is 0 Å². The number of halogens is 1. The number of hydrogen-bond donors (Lipinski definition) is 1. The first-order valence-electron chi connectivity index (χ1n) is 5.04. The van der Waals surface area contributed by atoms with E-state index in [2.05, 4.69) is 25.9 Å². The smallest absolute Gasteiger partial charge is 0.358 e. The van der Waals surface area contributed by atoms with Gasteiger partial charge in [-0.1, -0.05) is 15.9 Å². The second-order valence-electron chi connectivity index (χ2n) is 3.76. The van der Waals surface area contributed by atoms with E-state index >= 15 is 0 Å². The zero-order valence-electron chi connectivity index (χ0n) is 8.84. The van der Waals surface area contributed by atoms with Gasteiger partial charge in [-0.3, -0.25) is 9.69 Å². The van der Waals surface area contributed by atoms with Crippen LogP contribution in [0, 0.1) is 5.92 Å². The number of carbonyl (C=O) groups excluding carboxylic acids is 1. The highest BCUT2D eigenvalue weighted by atomic mass is 79.9. The summed E-state index contributed by atoms with van der Waals surface area (Å²) >= 11 is 3.32. The van der Waals surface area contributed by atoms with Crippen molar-refractivity contribution in [2.45, 2.75) is 6.42 Å². The Morgan fingerprint density at radius 1 is 1.53 bits per heavy atom. The van der Waals surface area contributed by atoms with Crippen molar-refractivity contribution in [2.75, 3.05) is 16.8 Å². The second kappa shape index (κ2) is 4.79. The van der Waals surface area contributed by atoms with Gasteiger partial charge < -0.3 is 5.11 Å². The van der Waals surface area contributed by atoms with E-state index in [9.17, 15) is 9.59 Å². The minimum Gasteiger partial charge on any atom is -0.476 e. The summed E-state index contributed by atoms with van der Waals surface area (Å²) in [5.74, 6) is -0.972. The van der Waals surface area contributed by atoms with Crippen LogP contribution in [-0.2, 0) is 4.79 Å². The highest BCUT2D eigenvalue weighted by Crippen LogP contribution is 2.26. The average molecular weight is 300 g/mol. The number of carboxylic acids is 1. The molecule has 1 atom stereocenters. The van der Waals surface area contributed by atoms with Gasteiger partial charge in [-0.05, 0) is 5.92 Å². The molecule has 0 spiro atoms. The predicted molar refractivity (Wildman–Crippen MR) is 63.2 cm³/mol. The van der Waals surface area contributed by atoms with Crippen molar-refractivity contribution in [2.24, 2.45) is 5.92 Å². The molecule has 1 aromatic rings. The number of anilines is 1. The van der Waals surface area contributed by atoms with Crippen LogP contribution in [0.4, 0.5) is 5.82 Å². The van der Waals surface area contributed by atoms with E-state index in [0.29, 0.717) is 18.3 Å². The lowest BCUT2D eigenvalue weighted by Crippen LogP contribution is -2.28. The molecule has 1 saturated heterocycles. The zero-order chi connectivity index (χ0) is 12.4. The lowest BCUT2D eigenvalue weighted by molar-refractivity contribution is -0.117. The van der Waals surface area contributed by atoms with Crippen LogP contribution in [0.1, 0.15) is 16.9 Å². The maximum Gasteiger partial charge on any atom is 0.358 e. The fraction of sp³-hybridized carbons (Fsp3) is 0.400. The van der Waals surface area contributed by atoms with Crippen LogP contribution in [0.3, 0.4) is 0 Å². The summed E-state index contributed by atoms with van der Waals surface area (Å²) in [6.45, 7) is 0.475. The van der Waals surface area contributed by atoms with E-state index in [0.717, 1.165) is 0 Å². The number of nitrogens with zero attached hydrogens (tertiary/aromatic N) is 3. The van der Waals surface area contributed by atoms with Crippen LogP contribution in [-0.4, -0.2) is 38.8 Å². The Labute approximate surface area is 106 Å². The molecule has 1 unspecified atom stereocenters. The molecule has 17 heavy (non-hydrogen) atoms. The number of hydrogen-bond acceptors (Lipinski definition) is 4. The van der Waals surface area contributed by atoms with Crippen molar-refractivity contribution >= 4 is 33.6 Å². The van der Waals surface area contributed by atoms with E-state index in [4.69, 9.17) is 5.11 Å². The third kappa shape index (κ3) is 2.28. The molecule has 1 aromatic heterocycles. The molecule has 90 valence electrons. The maximum atomic E-state index is 11.8. The standard InChI is InChI=1S/C10H10BrN3O3/c11-4-6-3-7(15)14(5-6)9-8(10(16)17)12-1-2-13-9/h1-2,6H,3-5H2,(H,16,17). The Morgan fingerprint density at radius 3 is 2.82 bits per heavy atom. The molecular weight excluding hydrogens is 290 g/mol. The molecule has 1 aliphatic heterocycles. The van der Waals surface area contributed by atoms with Crippen molar-refractivity contribution < 1.29 is 14.7 Å². The third-order valence-electron chi connectivity index (χ3n) is 2.56. The Kier molecular flexibility index (Phi) is 3.37. The topological polar surface area (TPSA) is 83.4 Å². The van der Waals surface area contributed by atoms with Crippen LogP contribution in [0.2, 0.25) is 0 Å². The van der Waals surface area contributed by atoms with Crippen LogP contribution in [0.25, 0.3) is 0 Å². The molecule has 2 heterocycles. The fourth-order valence-corrected chi connectivity index (χ4v) is 2.20. The lowest BCUT2D eigenvalue weighted by Gasteiger charge is -2.16. The molecule has 1 fully saturated rings. The number of alkyl halides is 1. The number of aromatic carboxylic acids is 1. The maximum absolute atomic E-state index is 11.8. The molecule has 1 N–H and O–H groups in total. The molecular formula is C10H10BrN3O3.